The smallest absolute Gasteiger partial charge is 0.127 e. The van der Waals surface area contributed by atoms with Gasteiger partial charge in [-0.2, -0.15) is 0 Å². The Morgan fingerprint density at radius 1 is 0.889 bits per heavy atom. The summed E-state index contributed by atoms with van der Waals surface area (Å²) >= 11 is 0. The van der Waals surface area contributed by atoms with Gasteiger partial charge in [-0.1, -0.05) is 29.8 Å². The van der Waals surface area contributed by atoms with Gasteiger partial charge < -0.3 is 10.5 Å². The average Bonchev–Trinajstić information content (AvgIpc) is 2.33. The van der Waals surface area contributed by atoms with Crippen molar-refractivity contribution < 1.29 is 4.74 Å². The lowest BCUT2D eigenvalue weighted by molar-refractivity contribution is 0.482. The van der Waals surface area contributed by atoms with Gasteiger partial charge in [0.15, 0.2) is 0 Å². The molecule has 0 amide bonds. The van der Waals surface area contributed by atoms with E-state index < -0.39 is 0 Å². The van der Waals surface area contributed by atoms with Crippen molar-refractivity contribution in [2.75, 3.05) is 0 Å². The predicted octanol–water partition coefficient (Wildman–Crippen LogP) is 4.23. The molecule has 1 unspecified atom stereocenters. The number of rotatable bonds is 3. The Balaban J connectivity index is 0.00000162. The zero-order valence-corrected chi connectivity index (χ0v) is 11.4. The van der Waals surface area contributed by atoms with Crippen molar-refractivity contribution in [2.24, 2.45) is 5.73 Å². The maximum absolute atomic E-state index is 5.79. The minimum absolute atomic E-state index is 0. The molecule has 2 nitrogen and oxygen atoms in total. The lowest BCUT2D eigenvalue weighted by Crippen LogP contribution is -2.04. The van der Waals surface area contributed by atoms with Gasteiger partial charge in [-0.05, 0) is 43.7 Å². The summed E-state index contributed by atoms with van der Waals surface area (Å²) in [6, 6.07) is 15.9. The zero-order chi connectivity index (χ0) is 12.3. The first-order chi connectivity index (χ1) is 8.15. The van der Waals surface area contributed by atoms with Crippen LogP contribution in [0.5, 0.6) is 11.5 Å². The molecule has 0 aliphatic heterocycles. The second kappa shape index (κ2) is 6.43. The number of ether oxygens (including phenoxy) is 1. The highest BCUT2D eigenvalue weighted by Gasteiger charge is 2.00. The third kappa shape index (κ3) is 3.76. The monoisotopic (exact) mass is 263 g/mol. The van der Waals surface area contributed by atoms with Gasteiger partial charge in [-0.15, -0.1) is 12.4 Å². The summed E-state index contributed by atoms with van der Waals surface area (Å²) in [4.78, 5) is 0. The first-order valence-corrected chi connectivity index (χ1v) is 5.75. The van der Waals surface area contributed by atoms with Gasteiger partial charge in [-0.25, -0.2) is 0 Å². The molecule has 0 saturated carbocycles. The maximum atomic E-state index is 5.79. The fourth-order valence-electron chi connectivity index (χ4n) is 1.58. The van der Waals surface area contributed by atoms with Crippen LogP contribution in [0.1, 0.15) is 24.1 Å². The quantitative estimate of drug-likeness (QED) is 0.899. The van der Waals surface area contributed by atoms with Gasteiger partial charge in [0.05, 0.1) is 0 Å². The molecule has 1 atom stereocenters. The summed E-state index contributed by atoms with van der Waals surface area (Å²) in [6.45, 7) is 4.02. The first kappa shape index (κ1) is 14.6. The molecule has 0 aromatic heterocycles. The lowest BCUT2D eigenvalue weighted by atomic mass is 10.1. The van der Waals surface area contributed by atoms with Gasteiger partial charge in [0, 0.05) is 6.04 Å². The molecule has 0 bridgehead atoms. The second-order valence-electron chi connectivity index (χ2n) is 4.27. The van der Waals surface area contributed by atoms with Crippen LogP contribution in [0, 0.1) is 6.92 Å². The largest absolute Gasteiger partial charge is 0.457 e. The van der Waals surface area contributed by atoms with Crippen LogP contribution < -0.4 is 10.5 Å². The highest BCUT2D eigenvalue weighted by molar-refractivity contribution is 5.85. The van der Waals surface area contributed by atoms with Crippen molar-refractivity contribution in [2.45, 2.75) is 19.9 Å². The van der Waals surface area contributed by atoms with Crippen molar-refractivity contribution in [3.8, 4) is 11.5 Å². The molecule has 0 radical (unpaired) electrons. The van der Waals surface area contributed by atoms with Crippen LogP contribution in [-0.4, -0.2) is 0 Å². The van der Waals surface area contributed by atoms with Crippen molar-refractivity contribution in [3.63, 3.8) is 0 Å². The minimum Gasteiger partial charge on any atom is -0.457 e. The molecule has 0 aliphatic carbocycles. The van der Waals surface area contributed by atoms with Crippen LogP contribution in [-0.2, 0) is 0 Å². The fraction of sp³-hybridized carbons (Fsp3) is 0.200. The number of hydrogen-bond donors (Lipinski definition) is 1. The van der Waals surface area contributed by atoms with Gasteiger partial charge in [0.1, 0.15) is 11.5 Å². The summed E-state index contributed by atoms with van der Waals surface area (Å²) in [5, 5.41) is 0. The number of halogens is 1. The average molecular weight is 264 g/mol. The van der Waals surface area contributed by atoms with Crippen LogP contribution in [0.25, 0.3) is 0 Å². The predicted molar refractivity (Wildman–Crippen MR) is 77.5 cm³/mol. The van der Waals surface area contributed by atoms with E-state index in [-0.39, 0.29) is 18.4 Å². The van der Waals surface area contributed by atoms with E-state index in [1.54, 1.807) is 0 Å². The number of aryl methyl sites for hydroxylation is 1. The number of nitrogens with two attached hydrogens (primary N) is 1. The molecule has 2 aromatic carbocycles. The van der Waals surface area contributed by atoms with Crippen LogP contribution in [0.4, 0.5) is 0 Å². The Labute approximate surface area is 114 Å². The van der Waals surface area contributed by atoms with Crippen LogP contribution in [0.2, 0.25) is 0 Å². The van der Waals surface area contributed by atoms with Gasteiger partial charge in [0.25, 0.3) is 0 Å². The van der Waals surface area contributed by atoms with E-state index in [9.17, 15) is 0 Å². The Morgan fingerprint density at radius 3 is 1.78 bits per heavy atom. The molecule has 0 saturated heterocycles. The first-order valence-electron chi connectivity index (χ1n) is 5.75. The van der Waals surface area contributed by atoms with Crippen molar-refractivity contribution >= 4 is 12.4 Å². The Morgan fingerprint density at radius 2 is 1.33 bits per heavy atom. The van der Waals surface area contributed by atoms with E-state index in [2.05, 4.69) is 6.92 Å². The summed E-state index contributed by atoms with van der Waals surface area (Å²) in [5.41, 5.74) is 8.13. The summed E-state index contributed by atoms with van der Waals surface area (Å²) < 4.78 is 5.73. The van der Waals surface area contributed by atoms with E-state index in [1.165, 1.54) is 5.56 Å². The molecule has 0 heterocycles. The van der Waals surface area contributed by atoms with Crippen LogP contribution in [0.15, 0.2) is 48.5 Å². The lowest BCUT2D eigenvalue weighted by Gasteiger charge is -2.08. The molecule has 0 fully saturated rings. The summed E-state index contributed by atoms with van der Waals surface area (Å²) in [5.74, 6) is 1.68. The number of benzene rings is 2. The van der Waals surface area contributed by atoms with E-state index in [0.717, 1.165) is 17.1 Å². The normalized spacial score (nSPS) is 11.5. The van der Waals surface area contributed by atoms with E-state index in [4.69, 9.17) is 10.5 Å². The third-order valence-corrected chi connectivity index (χ3v) is 2.66. The van der Waals surface area contributed by atoms with Crippen molar-refractivity contribution in [1.29, 1.82) is 0 Å². The highest BCUT2D eigenvalue weighted by Crippen LogP contribution is 2.23. The van der Waals surface area contributed by atoms with Gasteiger partial charge in [-0.3, -0.25) is 0 Å². The molecule has 0 spiro atoms. The highest BCUT2D eigenvalue weighted by atomic mass is 35.5. The molecular formula is C15H18ClNO. The van der Waals surface area contributed by atoms with E-state index in [1.807, 2.05) is 55.5 Å². The third-order valence-electron chi connectivity index (χ3n) is 2.66. The topological polar surface area (TPSA) is 35.2 Å². The van der Waals surface area contributed by atoms with Crippen LogP contribution >= 0.6 is 12.4 Å². The summed E-state index contributed by atoms with van der Waals surface area (Å²) in [7, 11) is 0. The number of hydrogen-bond acceptors (Lipinski definition) is 2. The molecule has 0 aliphatic rings. The van der Waals surface area contributed by atoms with E-state index in [0.29, 0.717) is 0 Å². The summed E-state index contributed by atoms with van der Waals surface area (Å²) in [6.07, 6.45) is 0. The Kier molecular flexibility index (Phi) is 5.20. The van der Waals surface area contributed by atoms with Gasteiger partial charge in [0.2, 0.25) is 0 Å². The maximum Gasteiger partial charge on any atom is 0.127 e. The molecule has 2 aromatic rings. The second-order valence-corrected chi connectivity index (χ2v) is 4.27. The van der Waals surface area contributed by atoms with E-state index >= 15 is 0 Å². The van der Waals surface area contributed by atoms with Crippen molar-refractivity contribution in [1.82, 2.24) is 0 Å². The SMILES string of the molecule is Cc1ccc(Oc2ccc(C(C)N)cc2)cc1.Cl. The van der Waals surface area contributed by atoms with Crippen molar-refractivity contribution in [3.05, 3.63) is 59.7 Å². The Hall–Kier alpha value is -1.51. The molecule has 3 heteroatoms. The standard InChI is InChI=1S/C15H17NO.ClH/c1-11-3-7-14(8-4-11)17-15-9-5-13(6-10-15)12(2)16;/h3-10,12H,16H2,1-2H3;1H. The molecule has 2 N–H and O–H groups in total. The molecular weight excluding hydrogens is 246 g/mol. The fourth-order valence-corrected chi connectivity index (χ4v) is 1.58. The molecule has 96 valence electrons. The van der Waals surface area contributed by atoms with Crippen LogP contribution in [0.3, 0.4) is 0 Å². The minimum atomic E-state index is 0. The Bertz CT molecular complexity index is 477. The zero-order valence-electron chi connectivity index (χ0n) is 10.6. The molecule has 2 rings (SSSR count). The van der Waals surface area contributed by atoms with Gasteiger partial charge >= 0.3 is 0 Å². The molecule has 18 heavy (non-hydrogen) atoms.